The summed E-state index contributed by atoms with van der Waals surface area (Å²) in [4.78, 5) is 14.4. The minimum Gasteiger partial charge on any atom is -0.494 e. The Hall–Kier alpha value is -1.88. The average molecular weight is 323 g/mol. The summed E-state index contributed by atoms with van der Waals surface area (Å²) in [6.07, 6.45) is 3.33. The number of anilines is 1. The van der Waals surface area contributed by atoms with Crippen LogP contribution in [0, 0.1) is 0 Å². The molecule has 3 rings (SSSR count). The number of ether oxygens (including phenoxy) is 2. The molecule has 0 aromatic heterocycles. The van der Waals surface area contributed by atoms with E-state index in [1.54, 1.807) is 0 Å². The van der Waals surface area contributed by atoms with Gasteiger partial charge in [-0.05, 0) is 25.0 Å². The van der Waals surface area contributed by atoms with Crippen molar-refractivity contribution in [2.24, 2.45) is 0 Å². The Kier molecular flexibility index (Phi) is 4.73. The van der Waals surface area contributed by atoms with Crippen LogP contribution in [0.3, 0.4) is 0 Å². The number of nitrogens with zero attached hydrogens (tertiary/aromatic N) is 1. The number of para-hydroxylation sites is 1. The summed E-state index contributed by atoms with van der Waals surface area (Å²) >= 11 is 6.26. The Morgan fingerprint density at radius 1 is 1.32 bits per heavy atom. The molecule has 1 amide bonds. The fourth-order valence-electron chi connectivity index (χ4n) is 2.77. The number of nitrogens with one attached hydrogen (secondary N) is 1. The van der Waals surface area contributed by atoms with Gasteiger partial charge in [-0.3, -0.25) is 4.79 Å². The van der Waals surface area contributed by atoms with E-state index in [0.29, 0.717) is 13.2 Å². The van der Waals surface area contributed by atoms with Crippen LogP contribution in [0.15, 0.2) is 36.3 Å². The largest absolute Gasteiger partial charge is 0.494 e. The predicted molar refractivity (Wildman–Crippen MR) is 84.8 cm³/mol. The molecule has 0 spiro atoms. The van der Waals surface area contributed by atoms with Gasteiger partial charge in [0.1, 0.15) is 19.5 Å². The van der Waals surface area contributed by atoms with Crippen LogP contribution >= 0.6 is 11.6 Å². The molecule has 1 saturated heterocycles. The number of carbonyl (C=O) groups is 1. The van der Waals surface area contributed by atoms with Gasteiger partial charge in [0.2, 0.25) is 5.76 Å². The maximum Gasteiger partial charge on any atom is 0.289 e. The Bertz CT molecular complexity index is 576. The second-order valence-corrected chi connectivity index (χ2v) is 5.82. The summed E-state index contributed by atoms with van der Waals surface area (Å²) in [6.45, 7) is 2.58. The number of piperidine rings is 1. The second-order valence-electron chi connectivity index (χ2n) is 5.41. The standard InChI is InChI=1S/C16H19ClN2O3/c17-13-5-1-2-6-14(13)19-7-3-4-12(10-19)18-16(20)15-11-21-8-9-22-15/h1-2,5-6,11-12H,3-4,7-10H2,(H,18,20). The van der Waals surface area contributed by atoms with Crippen molar-refractivity contribution in [3.05, 3.63) is 41.3 Å². The fraction of sp³-hybridized carbons (Fsp3) is 0.438. The van der Waals surface area contributed by atoms with Gasteiger partial charge in [-0.15, -0.1) is 0 Å². The van der Waals surface area contributed by atoms with Crippen LogP contribution in [0.1, 0.15) is 12.8 Å². The summed E-state index contributed by atoms with van der Waals surface area (Å²) in [6, 6.07) is 7.86. The van der Waals surface area contributed by atoms with Crippen molar-refractivity contribution in [2.45, 2.75) is 18.9 Å². The number of amides is 1. The van der Waals surface area contributed by atoms with Gasteiger partial charge in [0, 0.05) is 19.1 Å². The normalized spacial score (nSPS) is 21.4. The SMILES string of the molecule is O=C(NC1CCCN(c2ccccc2Cl)C1)C1=COCCO1. The van der Waals surface area contributed by atoms with Gasteiger partial charge in [0.15, 0.2) is 0 Å². The number of hydrogen-bond donors (Lipinski definition) is 1. The molecule has 1 aromatic carbocycles. The first-order valence-electron chi connectivity index (χ1n) is 7.49. The summed E-state index contributed by atoms with van der Waals surface area (Å²) in [5.74, 6) is 0.0341. The van der Waals surface area contributed by atoms with Crippen LogP contribution in [-0.2, 0) is 14.3 Å². The number of carbonyl (C=O) groups excluding carboxylic acids is 1. The van der Waals surface area contributed by atoms with Gasteiger partial charge in [-0.2, -0.15) is 0 Å². The van der Waals surface area contributed by atoms with E-state index < -0.39 is 0 Å². The smallest absolute Gasteiger partial charge is 0.289 e. The second kappa shape index (κ2) is 6.92. The molecule has 0 saturated carbocycles. The van der Waals surface area contributed by atoms with Crippen molar-refractivity contribution in [2.75, 3.05) is 31.2 Å². The van der Waals surface area contributed by atoms with E-state index in [1.165, 1.54) is 6.26 Å². The van der Waals surface area contributed by atoms with Crippen LogP contribution in [0.4, 0.5) is 5.69 Å². The van der Waals surface area contributed by atoms with Crippen LogP contribution in [0.2, 0.25) is 5.02 Å². The molecule has 0 bridgehead atoms. The lowest BCUT2D eigenvalue weighted by Gasteiger charge is -2.35. The van der Waals surface area contributed by atoms with Gasteiger partial charge in [-0.1, -0.05) is 23.7 Å². The van der Waals surface area contributed by atoms with Crippen molar-refractivity contribution in [1.29, 1.82) is 0 Å². The maximum atomic E-state index is 12.1. The van der Waals surface area contributed by atoms with Crippen molar-refractivity contribution < 1.29 is 14.3 Å². The van der Waals surface area contributed by atoms with Crippen molar-refractivity contribution in [1.82, 2.24) is 5.32 Å². The maximum absolute atomic E-state index is 12.1. The average Bonchev–Trinajstić information content (AvgIpc) is 2.56. The Labute approximate surface area is 134 Å². The van der Waals surface area contributed by atoms with Crippen LogP contribution < -0.4 is 10.2 Å². The van der Waals surface area contributed by atoms with Gasteiger partial charge in [0.05, 0.1) is 10.7 Å². The highest BCUT2D eigenvalue weighted by Crippen LogP contribution is 2.27. The molecular weight excluding hydrogens is 304 g/mol. The minimum absolute atomic E-state index is 0.0731. The van der Waals surface area contributed by atoms with E-state index in [9.17, 15) is 4.79 Å². The van der Waals surface area contributed by atoms with E-state index in [-0.39, 0.29) is 17.7 Å². The van der Waals surface area contributed by atoms with Crippen LogP contribution in [0.25, 0.3) is 0 Å². The molecule has 2 heterocycles. The zero-order chi connectivity index (χ0) is 15.4. The molecule has 2 aliphatic heterocycles. The van der Waals surface area contributed by atoms with E-state index >= 15 is 0 Å². The topological polar surface area (TPSA) is 50.8 Å². The molecule has 0 aliphatic carbocycles. The Morgan fingerprint density at radius 2 is 2.18 bits per heavy atom. The lowest BCUT2D eigenvalue weighted by atomic mass is 10.0. The summed E-state index contributed by atoms with van der Waals surface area (Å²) in [5, 5.41) is 3.75. The first-order valence-corrected chi connectivity index (χ1v) is 7.87. The van der Waals surface area contributed by atoms with Crippen LogP contribution in [-0.4, -0.2) is 38.3 Å². The third-order valence-corrected chi connectivity index (χ3v) is 4.14. The third-order valence-electron chi connectivity index (χ3n) is 3.82. The van der Waals surface area contributed by atoms with Gasteiger partial charge >= 0.3 is 0 Å². The van der Waals surface area contributed by atoms with Gasteiger partial charge in [-0.25, -0.2) is 0 Å². The number of benzene rings is 1. The molecule has 6 heteroatoms. The number of rotatable bonds is 3. The highest BCUT2D eigenvalue weighted by Gasteiger charge is 2.25. The molecule has 0 radical (unpaired) electrons. The highest BCUT2D eigenvalue weighted by atomic mass is 35.5. The lowest BCUT2D eigenvalue weighted by Crippen LogP contribution is -2.48. The molecule has 1 N–H and O–H groups in total. The van der Waals surface area contributed by atoms with Crippen molar-refractivity contribution >= 4 is 23.2 Å². The van der Waals surface area contributed by atoms with E-state index in [0.717, 1.165) is 36.6 Å². The van der Waals surface area contributed by atoms with Crippen LogP contribution in [0.5, 0.6) is 0 Å². The minimum atomic E-state index is -0.217. The highest BCUT2D eigenvalue weighted by molar-refractivity contribution is 6.33. The summed E-state index contributed by atoms with van der Waals surface area (Å²) in [7, 11) is 0. The molecule has 1 fully saturated rings. The Balaban J connectivity index is 1.62. The van der Waals surface area contributed by atoms with Gasteiger partial charge < -0.3 is 19.7 Å². The fourth-order valence-corrected chi connectivity index (χ4v) is 3.02. The molecule has 2 aliphatic rings. The molecular formula is C16H19ClN2O3. The molecule has 118 valence electrons. The zero-order valence-corrected chi connectivity index (χ0v) is 13.0. The number of hydrogen-bond acceptors (Lipinski definition) is 4. The quantitative estimate of drug-likeness (QED) is 0.928. The van der Waals surface area contributed by atoms with E-state index in [2.05, 4.69) is 10.2 Å². The van der Waals surface area contributed by atoms with E-state index in [4.69, 9.17) is 21.1 Å². The molecule has 1 atom stereocenters. The monoisotopic (exact) mass is 322 g/mol. The molecule has 1 unspecified atom stereocenters. The molecule has 22 heavy (non-hydrogen) atoms. The van der Waals surface area contributed by atoms with Crippen molar-refractivity contribution in [3.8, 4) is 0 Å². The zero-order valence-electron chi connectivity index (χ0n) is 12.3. The third kappa shape index (κ3) is 3.47. The summed E-state index contributed by atoms with van der Waals surface area (Å²) < 4.78 is 10.4. The molecule has 5 nitrogen and oxygen atoms in total. The predicted octanol–water partition coefficient (Wildman–Crippen LogP) is 2.31. The van der Waals surface area contributed by atoms with Crippen molar-refractivity contribution in [3.63, 3.8) is 0 Å². The Morgan fingerprint density at radius 3 is 2.95 bits per heavy atom. The first-order chi connectivity index (χ1) is 10.7. The molecule has 1 aromatic rings. The van der Waals surface area contributed by atoms with E-state index in [1.807, 2.05) is 24.3 Å². The summed E-state index contributed by atoms with van der Waals surface area (Å²) in [5.41, 5.74) is 1.01. The first kappa shape index (κ1) is 15.0. The number of halogens is 1. The van der Waals surface area contributed by atoms with Gasteiger partial charge in [0.25, 0.3) is 5.91 Å². The lowest BCUT2D eigenvalue weighted by molar-refractivity contribution is -0.123.